The molecule has 0 radical (unpaired) electrons. The lowest BCUT2D eigenvalue weighted by molar-refractivity contribution is -0.150. The van der Waals surface area contributed by atoms with E-state index >= 15 is 0 Å². The number of piperidine rings is 1. The predicted molar refractivity (Wildman–Crippen MR) is 76.2 cm³/mol. The quantitative estimate of drug-likeness (QED) is 0.909. The number of benzene rings is 1. The molecule has 0 bridgehead atoms. The highest BCUT2D eigenvalue weighted by Crippen LogP contribution is 2.31. The highest BCUT2D eigenvalue weighted by atomic mass is 16.4. The van der Waals surface area contributed by atoms with E-state index < -0.39 is 11.4 Å². The fourth-order valence-electron chi connectivity index (χ4n) is 2.64. The number of carbonyl (C=O) groups is 1. The second-order valence-electron chi connectivity index (χ2n) is 6.00. The Morgan fingerprint density at radius 3 is 2.53 bits per heavy atom. The molecule has 3 nitrogen and oxygen atoms in total. The Kier molecular flexibility index (Phi) is 3.95. The first-order valence-corrected chi connectivity index (χ1v) is 6.93. The van der Waals surface area contributed by atoms with Crippen LogP contribution in [0, 0.1) is 19.3 Å². The molecule has 1 fully saturated rings. The van der Waals surface area contributed by atoms with E-state index in [4.69, 9.17) is 0 Å². The highest BCUT2D eigenvalue weighted by molar-refractivity contribution is 5.74. The standard InChI is InChI=1S/C16H23NO2/c1-12-5-4-6-14(13(12)2)11-17-9-7-16(3,8-10-17)15(18)19/h4-6H,7-11H2,1-3H3,(H,18,19). The summed E-state index contributed by atoms with van der Waals surface area (Å²) < 4.78 is 0. The van der Waals surface area contributed by atoms with Gasteiger partial charge in [-0.1, -0.05) is 18.2 Å². The molecule has 19 heavy (non-hydrogen) atoms. The molecule has 1 heterocycles. The van der Waals surface area contributed by atoms with E-state index in [9.17, 15) is 9.90 Å². The van der Waals surface area contributed by atoms with Gasteiger partial charge in [-0.3, -0.25) is 9.69 Å². The molecule has 104 valence electrons. The number of rotatable bonds is 3. The first-order chi connectivity index (χ1) is 8.92. The monoisotopic (exact) mass is 261 g/mol. The van der Waals surface area contributed by atoms with Gasteiger partial charge in [0.1, 0.15) is 0 Å². The number of carboxylic acids is 1. The van der Waals surface area contributed by atoms with Gasteiger partial charge in [0.05, 0.1) is 5.41 Å². The zero-order valence-corrected chi connectivity index (χ0v) is 12.1. The minimum atomic E-state index is -0.654. The summed E-state index contributed by atoms with van der Waals surface area (Å²) in [6.07, 6.45) is 1.49. The summed E-state index contributed by atoms with van der Waals surface area (Å²) in [7, 11) is 0. The van der Waals surface area contributed by atoms with Crippen LogP contribution in [0.4, 0.5) is 0 Å². The minimum absolute atomic E-state index is 0.530. The summed E-state index contributed by atoms with van der Waals surface area (Å²) in [5, 5.41) is 9.24. The van der Waals surface area contributed by atoms with Gasteiger partial charge in [0.25, 0.3) is 0 Å². The average molecular weight is 261 g/mol. The van der Waals surface area contributed by atoms with Crippen LogP contribution in [0.15, 0.2) is 18.2 Å². The molecule has 0 aliphatic carbocycles. The molecule has 1 aliphatic heterocycles. The van der Waals surface area contributed by atoms with Crippen molar-refractivity contribution < 1.29 is 9.90 Å². The zero-order chi connectivity index (χ0) is 14.0. The van der Waals surface area contributed by atoms with Crippen molar-refractivity contribution in [2.75, 3.05) is 13.1 Å². The van der Waals surface area contributed by atoms with Crippen LogP contribution in [0.3, 0.4) is 0 Å². The van der Waals surface area contributed by atoms with Gasteiger partial charge in [0.2, 0.25) is 0 Å². The van der Waals surface area contributed by atoms with E-state index in [-0.39, 0.29) is 0 Å². The summed E-state index contributed by atoms with van der Waals surface area (Å²) in [4.78, 5) is 13.6. The van der Waals surface area contributed by atoms with Crippen molar-refractivity contribution in [2.45, 2.75) is 40.2 Å². The summed E-state index contributed by atoms with van der Waals surface area (Å²) in [6.45, 7) is 8.84. The van der Waals surface area contributed by atoms with Crippen molar-refractivity contribution in [1.29, 1.82) is 0 Å². The number of likely N-dealkylation sites (tertiary alicyclic amines) is 1. The number of hydrogen-bond donors (Lipinski definition) is 1. The van der Waals surface area contributed by atoms with Crippen LogP contribution < -0.4 is 0 Å². The normalized spacial score (nSPS) is 19.3. The van der Waals surface area contributed by atoms with Gasteiger partial charge >= 0.3 is 5.97 Å². The van der Waals surface area contributed by atoms with Gasteiger partial charge in [-0.05, 0) is 63.4 Å². The SMILES string of the molecule is Cc1cccc(CN2CCC(C)(C(=O)O)CC2)c1C. The molecule has 1 saturated heterocycles. The Morgan fingerprint density at radius 2 is 1.95 bits per heavy atom. The van der Waals surface area contributed by atoms with Crippen LogP contribution in [0.2, 0.25) is 0 Å². The lowest BCUT2D eigenvalue weighted by Gasteiger charge is -2.36. The third kappa shape index (κ3) is 2.98. The molecule has 0 aromatic heterocycles. The average Bonchev–Trinajstić information content (AvgIpc) is 2.37. The van der Waals surface area contributed by atoms with Crippen molar-refractivity contribution in [1.82, 2.24) is 4.90 Å². The van der Waals surface area contributed by atoms with Crippen molar-refractivity contribution >= 4 is 5.97 Å². The van der Waals surface area contributed by atoms with Gasteiger partial charge in [-0.25, -0.2) is 0 Å². The van der Waals surface area contributed by atoms with Crippen LogP contribution in [0.1, 0.15) is 36.5 Å². The second kappa shape index (κ2) is 5.33. The molecule has 0 atom stereocenters. The molecule has 1 aromatic carbocycles. The Labute approximate surface area is 115 Å². The zero-order valence-electron chi connectivity index (χ0n) is 12.1. The summed E-state index contributed by atoms with van der Waals surface area (Å²) in [5.41, 5.74) is 3.51. The molecule has 3 heteroatoms. The molecule has 1 aliphatic rings. The van der Waals surface area contributed by atoms with Crippen molar-refractivity contribution in [3.63, 3.8) is 0 Å². The fourth-order valence-corrected chi connectivity index (χ4v) is 2.64. The molecule has 0 saturated carbocycles. The minimum Gasteiger partial charge on any atom is -0.481 e. The van der Waals surface area contributed by atoms with Crippen molar-refractivity contribution in [2.24, 2.45) is 5.41 Å². The first kappa shape index (κ1) is 14.1. The summed E-state index contributed by atoms with van der Waals surface area (Å²) >= 11 is 0. The van der Waals surface area contributed by atoms with Gasteiger partial charge in [-0.2, -0.15) is 0 Å². The van der Waals surface area contributed by atoms with Gasteiger partial charge < -0.3 is 5.11 Å². The van der Waals surface area contributed by atoms with E-state index in [1.807, 2.05) is 6.92 Å². The maximum Gasteiger partial charge on any atom is 0.309 e. The Bertz CT molecular complexity index is 474. The summed E-state index contributed by atoms with van der Waals surface area (Å²) in [5.74, 6) is -0.654. The van der Waals surface area contributed by atoms with E-state index in [1.165, 1.54) is 16.7 Å². The maximum absolute atomic E-state index is 11.2. The van der Waals surface area contributed by atoms with Crippen LogP contribution in [-0.2, 0) is 11.3 Å². The van der Waals surface area contributed by atoms with E-state index in [0.29, 0.717) is 0 Å². The van der Waals surface area contributed by atoms with Gasteiger partial charge in [0, 0.05) is 6.54 Å². The lowest BCUT2D eigenvalue weighted by atomic mass is 9.80. The van der Waals surface area contributed by atoms with Gasteiger partial charge in [-0.15, -0.1) is 0 Å². The van der Waals surface area contributed by atoms with Crippen LogP contribution in [-0.4, -0.2) is 29.1 Å². The summed E-state index contributed by atoms with van der Waals surface area (Å²) in [6, 6.07) is 6.41. The largest absolute Gasteiger partial charge is 0.481 e. The number of nitrogens with zero attached hydrogens (tertiary/aromatic N) is 1. The Morgan fingerprint density at radius 1 is 1.32 bits per heavy atom. The van der Waals surface area contributed by atoms with Crippen LogP contribution in [0.25, 0.3) is 0 Å². The number of aryl methyl sites for hydroxylation is 1. The number of aliphatic carboxylic acids is 1. The van der Waals surface area contributed by atoms with Gasteiger partial charge in [0.15, 0.2) is 0 Å². The Hall–Kier alpha value is -1.35. The van der Waals surface area contributed by atoms with Crippen LogP contribution in [0.5, 0.6) is 0 Å². The molecular formula is C16H23NO2. The number of carboxylic acid groups (broad SMARTS) is 1. The van der Waals surface area contributed by atoms with Crippen molar-refractivity contribution in [3.05, 3.63) is 34.9 Å². The third-order valence-corrected chi connectivity index (χ3v) is 4.59. The fraction of sp³-hybridized carbons (Fsp3) is 0.562. The van der Waals surface area contributed by atoms with E-state index in [1.54, 1.807) is 0 Å². The molecule has 1 N–H and O–H groups in total. The first-order valence-electron chi connectivity index (χ1n) is 6.93. The number of hydrogen-bond acceptors (Lipinski definition) is 2. The van der Waals surface area contributed by atoms with E-state index in [2.05, 4.69) is 36.9 Å². The molecular weight excluding hydrogens is 238 g/mol. The topological polar surface area (TPSA) is 40.5 Å². The second-order valence-corrected chi connectivity index (χ2v) is 6.00. The van der Waals surface area contributed by atoms with Crippen LogP contribution >= 0.6 is 0 Å². The maximum atomic E-state index is 11.2. The lowest BCUT2D eigenvalue weighted by Crippen LogP contribution is -2.42. The predicted octanol–water partition coefficient (Wildman–Crippen LogP) is 2.99. The molecule has 1 aromatic rings. The van der Waals surface area contributed by atoms with E-state index in [0.717, 1.165) is 32.5 Å². The third-order valence-electron chi connectivity index (χ3n) is 4.59. The molecule has 0 unspecified atom stereocenters. The Balaban J connectivity index is 2.00. The smallest absolute Gasteiger partial charge is 0.309 e. The molecule has 0 amide bonds. The molecule has 2 rings (SSSR count). The van der Waals surface area contributed by atoms with Crippen molar-refractivity contribution in [3.8, 4) is 0 Å². The molecule has 0 spiro atoms. The highest BCUT2D eigenvalue weighted by Gasteiger charge is 2.36.